The Hall–Kier alpha value is -0.830. The largest absolute Gasteiger partial charge is 0.322 e. The Morgan fingerprint density at radius 1 is 1.39 bits per heavy atom. The van der Waals surface area contributed by atoms with E-state index in [1.54, 1.807) is 0 Å². The third-order valence-electron chi connectivity index (χ3n) is 5.74. The highest BCUT2D eigenvalue weighted by Crippen LogP contribution is 2.71. The first kappa shape index (κ1) is 11.0. The first-order valence-corrected chi connectivity index (χ1v) is 7.58. The van der Waals surface area contributed by atoms with Crippen molar-refractivity contribution < 1.29 is 0 Å². The van der Waals surface area contributed by atoms with Crippen molar-refractivity contribution in [3.63, 3.8) is 0 Å². The Bertz CT molecular complexity index is 436. The number of hydrogen-bond donors (Lipinski definition) is 1. The summed E-state index contributed by atoms with van der Waals surface area (Å²) in [6.45, 7) is 3.20. The first-order valence-electron chi connectivity index (χ1n) is 7.58. The molecular weight excluding hydrogens is 222 g/mol. The van der Waals surface area contributed by atoms with Crippen molar-refractivity contribution in [2.24, 2.45) is 35.3 Å². The van der Waals surface area contributed by atoms with E-state index in [0.29, 0.717) is 0 Å². The van der Waals surface area contributed by atoms with Crippen LogP contribution in [0.25, 0.3) is 0 Å². The van der Waals surface area contributed by atoms with Gasteiger partial charge < -0.3 is 5.73 Å². The average molecular weight is 245 g/mol. The molecule has 2 bridgehead atoms. The first-order chi connectivity index (χ1) is 8.81. The molecule has 0 aliphatic heterocycles. The third kappa shape index (κ3) is 1.37. The molecule has 3 heteroatoms. The van der Waals surface area contributed by atoms with Gasteiger partial charge in [0.2, 0.25) is 0 Å². The maximum absolute atomic E-state index is 6.56. The lowest BCUT2D eigenvalue weighted by Crippen LogP contribution is -2.21. The predicted molar refractivity (Wildman–Crippen MR) is 70.7 cm³/mol. The van der Waals surface area contributed by atoms with Gasteiger partial charge in [-0.15, -0.1) is 0 Å². The van der Waals surface area contributed by atoms with Crippen LogP contribution in [0.3, 0.4) is 0 Å². The van der Waals surface area contributed by atoms with Gasteiger partial charge in [-0.05, 0) is 61.3 Å². The Kier molecular flexibility index (Phi) is 2.35. The number of aryl methyl sites for hydroxylation is 1. The van der Waals surface area contributed by atoms with Crippen LogP contribution in [-0.4, -0.2) is 9.78 Å². The van der Waals surface area contributed by atoms with Crippen molar-refractivity contribution in [2.75, 3.05) is 0 Å². The van der Waals surface area contributed by atoms with Crippen molar-refractivity contribution in [1.29, 1.82) is 0 Å². The third-order valence-corrected chi connectivity index (χ3v) is 5.74. The molecule has 0 amide bonds. The fourth-order valence-electron chi connectivity index (χ4n) is 5.09. The Morgan fingerprint density at radius 2 is 2.11 bits per heavy atom. The summed E-state index contributed by atoms with van der Waals surface area (Å²) in [4.78, 5) is 0. The maximum Gasteiger partial charge on any atom is 0.0554 e. The molecule has 18 heavy (non-hydrogen) atoms. The van der Waals surface area contributed by atoms with Gasteiger partial charge >= 0.3 is 0 Å². The standard InChI is InChI=1S/C15H23N3/c1-2-7-18-11(5-6-17-18)15(16)14-12-9-3-4-10(8-9)13(12)14/h5-6,9-10,12-15H,2-4,7-8,16H2,1H3. The van der Waals surface area contributed by atoms with Gasteiger partial charge in [0.15, 0.2) is 0 Å². The summed E-state index contributed by atoms with van der Waals surface area (Å²) in [6.07, 6.45) is 7.50. The van der Waals surface area contributed by atoms with E-state index in [2.05, 4.69) is 22.8 Å². The lowest BCUT2D eigenvalue weighted by Gasteiger charge is -2.17. The van der Waals surface area contributed by atoms with E-state index < -0.39 is 0 Å². The van der Waals surface area contributed by atoms with Crippen molar-refractivity contribution in [3.05, 3.63) is 18.0 Å². The molecule has 0 spiro atoms. The number of hydrogen-bond acceptors (Lipinski definition) is 2. The maximum atomic E-state index is 6.56. The Balaban J connectivity index is 1.54. The number of nitrogens with zero attached hydrogens (tertiary/aromatic N) is 2. The molecule has 1 aromatic rings. The lowest BCUT2D eigenvalue weighted by atomic mass is 9.96. The minimum Gasteiger partial charge on any atom is -0.322 e. The van der Waals surface area contributed by atoms with E-state index in [1.807, 2.05) is 6.20 Å². The summed E-state index contributed by atoms with van der Waals surface area (Å²) in [7, 11) is 0. The molecule has 3 nitrogen and oxygen atoms in total. The fraction of sp³-hybridized carbons (Fsp3) is 0.800. The van der Waals surface area contributed by atoms with E-state index in [1.165, 1.54) is 25.0 Å². The zero-order valence-electron chi connectivity index (χ0n) is 11.1. The molecule has 3 saturated carbocycles. The zero-order chi connectivity index (χ0) is 12.3. The smallest absolute Gasteiger partial charge is 0.0554 e. The highest BCUT2D eigenvalue weighted by atomic mass is 15.3. The minimum absolute atomic E-state index is 0.234. The van der Waals surface area contributed by atoms with Gasteiger partial charge in [0.25, 0.3) is 0 Å². The van der Waals surface area contributed by atoms with Gasteiger partial charge in [0.1, 0.15) is 0 Å². The monoisotopic (exact) mass is 245 g/mol. The van der Waals surface area contributed by atoms with Gasteiger partial charge in [0.05, 0.1) is 11.7 Å². The predicted octanol–water partition coefficient (Wildman–Crippen LogP) is 2.59. The van der Waals surface area contributed by atoms with Crippen LogP contribution >= 0.6 is 0 Å². The summed E-state index contributed by atoms with van der Waals surface area (Å²) in [6, 6.07) is 2.37. The van der Waals surface area contributed by atoms with Crippen LogP contribution in [0.4, 0.5) is 0 Å². The zero-order valence-corrected chi connectivity index (χ0v) is 11.1. The van der Waals surface area contributed by atoms with Crippen LogP contribution in [0.1, 0.15) is 44.3 Å². The number of rotatable bonds is 4. The second-order valence-corrected chi connectivity index (χ2v) is 6.57. The summed E-state index contributed by atoms with van der Waals surface area (Å²) >= 11 is 0. The Labute approximate surface area is 109 Å². The van der Waals surface area contributed by atoms with Gasteiger partial charge in [-0.25, -0.2) is 0 Å². The molecule has 2 N–H and O–H groups in total. The lowest BCUT2D eigenvalue weighted by molar-refractivity contribution is 0.399. The summed E-state index contributed by atoms with van der Waals surface area (Å²) in [5, 5.41) is 4.42. The molecule has 4 rings (SSSR count). The van der Waals surface area contributed by atoms with E-state index in [9.17, 15) is 0 Å². The van der Waals surface area contributed by atoms with Crippen LogP contribution in [-0.2, 0) is 6.54 Å². The van der Waals surface area contributed by atoms with Crippen LogP contribution < -0.4 is 5.73 Å². The summed E-state index contributed by atoms with van der Waals surface area (Å²) < 4.78 is 2.13. The normalized spacial score (nSPS) is 42.0. The highest BCUT2D eigenvalue weighted by Gasteiger charge is 2.66. The van der Waals surface area contributed by atoms with Gasteiger partial charge in [-0.3, -0.25) is 4.68 Å². The molecule has 3 aliphatic rings. The van der Waals surface area contributed by atoms with Crippen molar-refractivity contribution in [3.8, 4) is 0 Å². The molecule has 5 atom stereocenters. The van der Waals surface area contributed by atoms with Crippen LogP contribution in [0.2, 0.25) is 0 Å². The van der Waals surface area contributed by atoms with Crippen molar-refractivity contribution >= 4 is 0 Å². The summed E-state index contributed by atoms with van der Waals surface area (Å²) in [5.74, 6) is 4.72. The van der Waals surface area contributed by atoms with Gasteiger partial charge in [0, 0.05) is 12.7 Å². The molecule has 1 aromatic heterocycles. The van der Waals surface area contributed by atoms with E-state index >= 15 is 0 Å². The number of fused-ring (bicyclic) bond motifs is 5. The quantitative estimate of drug-likeness (QED) is 0.886. The van der Waals surface area contributed by atoms with Crippen molar-refractivity contribution in [2.45, 2.75) is 45.2 Å². The molecule has 98 valence electrons. The SMILES string of the molecule is CCCn1nccc1C(N)C1C2C3CCC(C3)C21. The average Bonchev–Trinajstić information content (AvgIpc) is 2.75. The van der Waals surface area contributed by atoms with E-state index in [-0.39, 0.29) is 6.04 Å². The van der Waals surface area contributed by atoms with Crippen LogP contribution in [0, 0.1) is 29.6 Å². The molecule has 3 aliphatic carbocycles. The molecule has 0 radical (unpaired) electrons. The highest BCUT2D eigenvalue weighted by molar-refractivity contribution is 5.20. The topological polar surface area (TPSA) is 43.8 Å². The molecule has 3 fully saturated rings. The number of nitrogens with two attached hydrogens (primary N) is 1. The molecule has 0 saturated heterocycles. The molecule has 1 heterocycles. The molecular formula is C15H23N3. The van der Waals surface area contributed by atoms with Crippen molar-refractivity contribution in [1.82, 2.24) is 9.78 Å². The fourth-order valence-corrected chi connectivity index (χ4v) is 5.09. The van der Waals surface area contributed by atoms with Crippen LogP contribution in [0.15, 0.2) is 12.3 Å². The number of aromatic nitrogens is 2. The molecule has 0 aromatic carbocycles. The minimum atomic E-state index is 0.234. The second kappa shape index (κ2) is 3.83. The van der Waals surface area contributed by atoms with E-state index in [0.717, 1.165) is 42.6 Å². The molecule has 5 unspecified atom stereocenters. The van der Waals surface area contributed by atoms with Gasteiger partial charge in [-0.1, -0.05) is 6.92 Å². The van der Waals surface area contributed by atoms with E-state index in [4.69, 9.17) is 5.73 Å². The Morgan fingerprint density at radius 3 is 2.78 bits per heavy atom. The summed E-state index contributed by atoms with van der Waals surface area (Å²) in [5.41, 5.74) is 7.83. The second-order valence-electron chi connectivity index (χ2n) is 6.57. The van der Waals surface area contributed by atoms with Crippen LogP contribution in [0.5, 0.6) is 0 Å². The van der Waals surface area contributed by atoms with Gasteiger partial charge in [-0.2, -0.15) is 5.10 Å².